The van der Waals surface area contributed by atoms with Crippen molar-refractivity contribution in [1.29, 1.82) is 5.26 Å². The molecule has 48 heavy (non-hydrogen) atoms. The van der Waals surface area contributed by atoms with Crippen molar-refractivity contribution in [2.75, 3.05) is 0 Å². The summed E-state index contributed by atoms with van der Waals surface area (Å²) in [6.45, 7) is 13.3. The Morgan fingerprint density at radius 2 is 1.38 bits per heavy atom. The molecule has 0 spiro atoms. The summed E-state index contributed by atoms with van der Waals surface area (Å²) >= 11 is 0. The van der Waals surface area contributed by atoms with E-state index in [2.05, 4.69) is 94.0 Å². The number of furan rings is 1. The van der Waals surface area contributed by atoms with Crippen LogP contribution in [-0.4, -0.2) is 9.97 Å². The van der Waals surface area contributed by atoms with Crippen molar-refractivity contribution in [2.45, 2.75) is 52.4 Å². The molecule has 0 atom stereocenters. The number of hydrogen-bond acceptors (Lipinski definition) is 4. The van der Waals surface area contributed by atoms with Gasteiger partial charge in [0.1, 0.15) is 5.58 Å². The Hall–Kier alpha value is -4.88. The fraction of sp³-hybridized carbons (Fsp3) is 0.186. The number of aromatic nitrogens is 2. The van der Waals surface area contributed by atoms with Gasteiger partial charge in [-0.3, -0.25) is 0 Å². The van der Waals surface area contributed by atoms with Gasteiger partial charge in [-0.1, -0.05) is 113 Å². The summed E-state index contributed by atoms with van der Waals surface area (Å²) in [5.74, 6) is 0. The second kappa shape index (κ2) is 14.1. The van der Waals surface area contributed by atoms with E-state index in [4.69, 9.17) is 4.42 Å². The van der Waals surface area contributed by atoms with Crippen molar-refractivity contribution in [2.24, 2.45) is 0 Å². The number of benzene rings is 4. The van der Waals surface area contributed by atoms with Crippen molar-refractivity contribution in [3.05, 3.63) is 144 Å². The number of nitriles is 1. The molecule has 0 fully saturated rings. The third-order valence-corrected chi connectivity index (χ3v) is 8.28. The zero-order chi connectivity index (χ0) is 33.2. The summed E-state index contributed by atoms with van der Waals surface area (Å²) in [6.07, 6.45) is 3.74. The van der Waals surface area contributed by atoms with Gasteiger partial charge in [-0.15, -0.1) is 53.6 Å². The molecule has 241 valence electrons. The van der Waals surface area contributed by atoms with Gasteiger partial charge in [0.15, 0.2) is 0 Å². The van der Waals surface area contributed by atoms with Crippen LogP contribution in [0.15, 0.2) is 120 Å². The van der Waals surface area contributed by atoms with Gasteiger partial charge >= 0.3 is 0 Å². The molecule has 7 rings (SSSR count). The van der Waals surface area contributed by atoms with E-state index in [1.807, 2.05) is 85.1 Å². The SMILES string of the molecule is CC(C)(C)c1ccc(-c2[c-]ccc(C(C)(C)C)c2)nc1.N#Cc1ccc2c(oc3c(-c4ccccn4)[c-]ccc32)c1-c1ccccc1.[Ir]. The quantitative estimate of drug-likeness (QED) is 0.167. The van der Waals surface area contributed by atoms with Gasteiger partial charge in [-0.05, 0) is 45.5 Å². The van der Waals surface area contributed by atoms with Crippen LogP contribution in [-0.2, 0) is 30.9 Å². The number of pyridine rings is 2. The Kier molecular flexibility index (Phi) is 10.1. The zero-order valence-electron chi connectivity index (χ0n) is 28.1. The van der Waals surface area contributed by atoms with E-state index >= 15 is 0 Å². The number of nitrogens with zero attached hydrogens (tertiary/aromatic N) is 3. The van der Waals surface area contributed by atoms with Crippen LogP contribution in [0, 0.1) is 23.5 Å². The fourth-order valence-corrected chi connectivity index (χ4v) is 5.57. The zero-order valence-corrected chi connectivity index (χ0v) is 30.4. The van der Waals surface area contributed by atoms with E-state index < -0.39 is 0 Å². The molecule has 0 saturated carbocycles. The third kappa shape index (κ3) is 7.16. The van der Waals surface area contributed by atoms with Crippen LogP contribution >= 0.6 is 0 Å². The average molecular weight is 804 g/mol. The Labute approximate surface area is 296 Å². The van der Waals surface area contributed by atoms with Gasteiger partial charge in [-0.2, -0.15) is 5.26 Å². The summed E-state index contributed by atoms with van der Waals surface area (Å²) in [6, 6.07) is 42.8. The Balaban J connectivity index is 0.000000193. The number of rotatable bonds is 3. The normalized spacial score (nSPS) is 11.4. The summed E-state index contributed by atoms with van der Waals surface area (Å²) in [7, 11) is 0. The maximum atomic E-state index is 9.64. The average Bonchev–Trinajstić information content (AvgIpc) is 3.47. The molecule has 0 aliphatic rings. The first-order valence-corrected chi connectivity index (χ1v) is 15.8. The van der Waals surface area contributed by atoms with Crippen LogP contribution in [0.2, 0.25) is 0 Å². The second-order valence-corrected chi connectivity index (χ2v) is 13.7. The van der Waals surface area contributed by atoms with Crippen molar-refractivity contribution in [1.82, 2.24) is 9.97 Å². The first-order chi connectivity index (χ1) is 22.5. The summed E-state index contributed by atoms with van der Waals surface area (Å²) in [5, 5.41) is 11.6. The first-order valence-electron chi connectivity index (χ1n) is 15.8. The molecule has 3 heterocycles. The molecule has 0 amide bonds. The fourth-order valence-electron chi connectivity index (χ4n) is 5.57. The Morgan fingerprint density at radius 1 is 0.667 bits per heavy atom. The van der Waals surface area contributed by atoms with Crippen molar-refractivity contribution in [3.63, 3.8) is 0 Å². The molecule has 1 radical (unpaired) electrons. The maximum absolute atomic E-state index is 9.64. The van der Waals surface area contributed by atoms with E-state index in [-0.39, 0.29) is 30.9 Å². The molecule has 7 aromatic rings. The van der Waals surface area contributed by atoms with Crippen molar-refractivity contribution >= 4 is 21.9 Å². The minimum atomic E-state index is 0. The summed E-state index contributed by atoms with van der Waals surface area (Å²) < 4.78 is 6.34. The third-order valence-electron chi connectivity index (χ3n) is 8.28. The Morgan fingerprint density at radius 3 is 2.02 bits per heavy atom. The number of fused-ring (bicyclic) bond motifs is 3. The molecule has 3 aromatic heterocycles. The van der Waals surface area contributed by atoms with E-state index in [1.54, 1.807) is 6.20 Å². The summed E-state index contributed by atoms with van der Waals surface area (Å²) in [4.78, 5) is 9.05. The van der Waals surface area contributed by atoms with Crippen LogP contribution in [0.3, 0.4) is 0 Å². The van der Waals surface area contributed by atoms with Crippen LogP contribution in [0.1, 0.15) is 58.2 Å². The molecule has 0 aliphatic carbocycles. The molecular formula is C43H37IrN3O-2. The molecule has 4 nitrogen and oxygen atoms in total. The van der Waals surface area contributed by atoms with E-state index in [1.165, 1.54) is 11.1 Å². The van der Waals surface area contributed by atoms with Gasteiger partial charge in [-0.25, -0.2) is 0 Å². The van der Waals surface area contributed by atoms with Crippen molar-refractivity contribution < 1.29 is 24.5 Å². The molecule has 4 aromatic carbocycles. The smallest absolute Gasteiger partial charge is 0.130 e. The molecule has 0 aliphatic heterocycles. The Bertz CT molecular complexity index is 2200. The minimum absolute atomic E-state index is 0. The van der Waals surface area contributed by atoms with Crippen LogP contribution < -0.4 is 0 Å². The molecule has 0 N–H and O–H groups in total. The van der Waals surface area contributed by atoms with E-state index in [9.17, 15) is 5.26 Å². The predicted octanol–water partition coefficient (Wildman–Crippen LogP) is 11.1. The minimum Gasteiger partial charge on any atom is -0.500 e. The molecule has 0 bridgehead atoms. The standard InChI is InChI=1S/C24H13N2O.C19H24N.Ir/c25-15-17-12-13-19-18-9-6-10-20(21-11-4-5-14-26-21)23(18)27-24(19)22(17)16-7-2-1-3-8-16;1-18(2,3)15-9-7-8-14(12-15)17-11-10-16(13-20-17)19(4,5)6;/h1-9,11-14H;7,9-13H,1-6H3;/q2*-1;. The van der Waals surface area contributed by atoms with E-state index in [0.29, 0.717) is 11.1 Å². The van der Waals surface area contributed by atoms with Crippen molar-refractivity contribution in [3.8, 4) is 39.7 Å². The second-order valence-electron chi connectivity index (χ2n) is 13.7. The summed E-state index contributed by atoms with van der Waals surface area (Å²) in [5.41, 5.74) is 10.4. The molecule has 0 saturated heterocycles. The van der Waals surface area contributed by atoms with Crippen LogP contribution in [0.4, 0.5) is 0 Å². The van der Waals surface area contributed by atoms with Gasteiger partial charge < -0.3 is 14.4 Å². The van der Waals surface area contributed by atoms with Gasteiger partial charge in [0.05, 0.1) is 17.2 Å². The largest absolute Gasteiger partial charge is 0.500 e. The molecule has 5 heteroatoms. The molecular weight excluding hydrogens is 767 g/mol. The monoisotopic (exact) mass is 804 g/mol. The van der Waals surface area contributed by atoms with E-state index in [0.717, 1.165) is 50.0 Å². The topological polar surface area (TPSA) is 62.7 Å². The molecule has 0 unspecified atom stereocenters. The number of hydrogen-bond donors (Lipinski definition) is 0. The first kappa shape index (κ1) is 34.5. The maximum Gasteiger partial charge on any atom is 0.130 e. The van der Waals surface area contributed by atoms with Crippen LogP contribution in [0.5, 0.6) is 0 Å². The van der Waals surface area contributed by atoms with Gasteiger partial charge in [0.25, 0.3) is 0 Å². The van der Waals surface area contributed by atoms with Gasteiger partial charge in [0.2, 0.25) is 0 Å². The predicted molar refractivity (Wildman–Crippen MR) is 192 cm³/mol. The van der Waals surface area contributed by atoms with Crippen LogP contribution in [0.25, 0.3) is 55.6 Å². The van der Waals surface area contributed by atoms with Gasteiger partial charge in [0, 0.05) is 43.4 Å².